The third-order valence-electron chi connectivity index (χ3n) is 1.10. The van der Waals surface area contributed by atoms with Crippen LogP contribution in [-0.2, 0) is 4.79 Å². The minimum atomic E-state index is 0.275. The quantitative estimate of drug-likeness (QED) is 0.783. The zero-order valence-corrected chi connectivity index (χ0v) is 7.83. The molecule has 1 amide bonds. The number of hydrogen-bond donors (Lipinski definition) is 1. The Balaban J connectivity index is 3.01. The highest BCUT2D eigenvalue weighted by molar-refractivity contribution is 9.10. The third kappa shape index (κ3) is 1.91. The lowest BCUT2D eigenvalue weighted by Gasteiger charge is -2.03. The molecule has 0 aliphatic carbocycles. The van der Waals surface area contributed by atoms with E-state index in [-0.39, 0.29) is 5.88 Å². The second-order valence-electron chi connectivity index (χ2n) is 1.81. The summed E-state index contributed by atoms with van der Waals surface area (Å²) in [5.74, 6) is 0.576. The van der Waals surface area contributed by atoms with Crippen LogP contribution in [-0.4, -0.2) is 23.5 Å². The fourth-order valence-electron chi connectivity index (χ4n) is 0.649. The summed E-state index contributed by atoms with van der Waals surface area (Å²) in [6, 6.07) is 0. The maximum Gasteiger partial charge on any atom is 0.258 e. The van der Waals surface area contributed by atoms with E-state index in [1.54, 1.807) is 0 Å². The van der Waals surface area contributed by atoms with Crippen molar-refractivity contribution >= 4 is 28.2 Å². The zero-order chi connectivity index (χ0) is 8.97. The lowest BCUT2D eigenvalue weighted by molar-refractivity contribution is -0.105. The molecule has 0 bridgehead atoms. The highest BCUT2D eigenvalue weighted by Gasteiger charge is 2.04. The summed E-state index contributed by atoms with van der Waals surface area (Å²) in [6.07, 6.45) is 1.98. The van der Waals surface area contributed by atoms with Gasteiger partial charge in [0.2, 0.25) is 6.41 Å². The van der Waals surface area contributed by atoms with Crippen molar-refractivity contribution in [1.29, 1.82) is 0 Å². The summed E-state index contributed by atoms with van der Waals surface area (Å²) < 4.78 is 5.41. The number of aromatic nitrogens is 2. The number of carbonyl (C=O) groups excluding carboxylic acids is 1. The average molecular weight is 232 g/mol. The largest absolute Gasteiger partial charge is 0.478 e. The van der Waals surface area contributed by atoms with Gasteiger partial charge in [0.1, 0.15) is 4.60 Å². The first-order valence-electron chi connectivity index (χ1n) is 3.04. The molecule has 0 aliphatic rings. The van der Waals surface area contributed by atoms with E-state index in [4.69, 9.17) is 4.74 Å². The number of nitrogens with zero attached hydrogens (tertiary/aromatic N) is 2. The normalized spacial score (nSPS) is 9.17. The van der Waals surface area contributed by atoms with Gasteiger partial charge in [-0.2, -0.15) is 0 Å². The standard InChI is InChI=1S/C6H6BrN3O2/c1-12-6-5(9-3-11)8-2-4(7)10-6/h2-3H,1H3,(H,8,9,11). The number of nitrogens with one attached hydrogen (secondary N) is 1. The molecule has 5 nitrogen and oxygen atoms in total. The summed E-state index contributed by atoms with van der Waals surface area (Å²) in [6.45, 7) is 0. The second kappa shape index (κ2) is 4.01. The van der Waals surface area contributed by atoms with Gasteiger partial charge in [0.25, 0.3) is 5.88 Å². The van der Waals surface area contributed by atoms with Gasteiger partial charge in [-0.3, -0.25) is 4.79 Å². The first-order chi connectivity index (χ1) is 5.77. The van der Waals surface area contributed by atoms with Crippen LogP contribution in [0, 0.1) is 0 Å². The smallest absolute Gasteiger partial charge is 0.258 e. The maximum atomic E-state index is 10.1. The molecule has 1 N–H and O–H groups in total. The Morgan fingerprint density at radius 2 is 2.50 bits per heavy atom. The highest BCUT2D eigenvalue weighted by Crippen LogP contribution is 2.19. The highest BCUT2D eigenvalue weighted by atomic mass is 79.9. The molecule has 1 rings (SSSR count). The second-order valence-corrected chi connectivity index (χ2v) is 2.63. The van der Waals surface area contributed by atoms with E-state index in [2.05, 4.69) is 31.2 Å². The Bertz CT molecular complexity index is 292. The molecule has 0 fully saturated rings. The van der Waals surface area contributed by atoms with Crippen molar-refractivity contribution in [1.82, 2.24) is 9.97 Å². The maximum absolute atomic E-state index is 10.1. The Labute approximate surface area is 77.3 Å². The van der Waals surface area contributed by atoms with Crippen molar-refractivity contribution in [3.05, 3.63) is 10.8 Å². The molecular formula is C6H6BrN3O2. The van der Waals surface area contributed by atoms with Gasteiger partial charge in [-0.25, -0.2) is 9.97 Å². The van der Waals surface area contributed by atoms with E-state index in [9.17, 15) is 4.79 Å². The van der Waals surface area contributed by atoms with E-state index in [0.717, 1.165) is 0 Å². The predicted octanol–water partition coefficient (Wildman–Crippen LogP) is 0.816. The summed E-state index contributed by atoms with van der Waals surface area (Å²) in [7, 11) is 1.45. The Kier molecular flexibility index (Phi) is 2.98. The van der Waals surface area contributed by atoms with Crippen LogP contribution in [0.2, 0.25) is 0 Å². The number of methoxy groups -OCH3 is 1. The molecule has 0 unspecified atom stereocenters. The van der Waals surface area contributed by atoms with Gasteiger partial charge in [0.15, 0.2) is 5.82 Å². The Hall–Kier alpha value is -1.17. The topological polar surface area (TPSA) is 64.1 Å². The van der Waals surface area contributed by atoms with Crippen molar-refractivity contribution in [3.8, 4) is 5.88 Å². The van der Waals surface area contributed by atoms with E-state index < -0.39 is 0 Å². The van der Waals surface area contributed by atoms with Crippen molar-refractivity contribution in [2.24, 2.45) is 0 Å². The van der Waals surface area contributed by atoms with Crippen molar-refractivity contribution in [2.45, 2.75) is 0 Å². The van der Waals surface area contributed by atoms with Crippen molar-refractivity contribution in [2.75, 3.05) is 12.4 Å². The molecule has 64 valence electrons. The molecule has 0 aromatic carbocycles. The molecule has 0 saturated heterocycles. The number of hydrogen-bond acceptors (Lipinski definition) is 4. The summed E-state index contributed by atoms with van der Waals surface area (Å²) in [5, 5.41) is 2.35. The van der Waals surface area contributed by atoms with E-state index >= 15 is 0 Å². The van der Waals surface area contributed by atoms with Gasteiger partial charge in [-0.1, -0.05) is 0 Å². The Morgan fingerprint density at radius 1 is 1.75 bits per heavy atom. The summed E-state index contributed by atoms with van der Waals surface area (Å²) in [4.78, 5) is 17.9. The van der Waals surface area contributed by atoms with Crippen molar-refractivity contribution < 1.29 is 9.53 Å². The molecule has 1 aromatic heterocycles. The zero-order valence-electron chi connectivity index (χ0n) is 6.24. The molecule has 0 aliphatic heterocycles. The third-order valence-corrected chi connectivity index (χ3v) is 1.48. The SMILES string of the molecule is COc1nc(Br)cnc1NC=O. The number of rotatable bonds is 3. The van der Waals surface area contributed by atoms with Gasteiger partial charge in [-0.15, -0.1) is 0 Å². The van der Waals surface area contributed by atoms with E-state index in [1.165, 1.54) is 13.3 Å². The predicted molar refractivity (Wildman–Crippen MR) is 46.0 cm³/mol. The van der Waals surface area contributed by atoms with E-state index in [1.807, 2.05) is 0 Å². The van der Waals surface area contributed by atoms with Crippen LogP contribution < -0.4 is 10.1 Å². The summed E-state index contributed by atoms with van der Waals surface area (Å²) in [5.41, 5.74) is 0. The van der Waals surface area contributed by atoms with Crippen molar-refractivity contribution in [3.63, 3.8) is 0 Å². The van der Waals surface area contributed by atoms with E-state index in [0.29, 0.717) is 16.8 Å². The Morgan fingerprint density at radius 3 is 3.08 bits per heavy atom. The van der Waals surface area contributed by atoms with Crippen LogP contribution in [0.4, 0.5) is 5.82 Å². The number of amides is 1. The molecule has 1 heterocycles. The molecule has 12 heavy (non-hydrogen) atoms. The van der Waals surface area contributed by atoms with Gasteiger partial charge in [0.05, 0.1) is 13.3 Å². The van der Waals surface area contributed by atoms with Crippen LogP contribution in [0.15, 0.2) is 10.8 Å². The van der Waals surface area contributed by atoms with Gasteiger partial charge in [0, 0.05) is 0 Å². The number of anilines is 1. The summed E-state index contributed by atoms with van der Waals surface area (Å²) >= 11 is 3.12. The number of carbonyl (C=O) groups is 1. The minimum Gasteiger partial charge on any atom is -0.478 e. The number of ether oxygens (including phenoxy) is 1. The number of halogens is 1. The molecule has 6 heteroatoms. The monoisotopic (exact) mass is 231 g/mol. The fraction of sp³-hybridized carbons (Fsp3) is 0.167. The average Bonchev–Trinajstić information content (AvgIpc) is 2.08. The first kappa shape index (κ1) is 8.92. The minimum absolute atomic E-state index is 0.275. The lowest BCUT2D eigenvalue weighted by atomic mass is 10.6. The van der Waals surface area contributed by atoms with Crippen LogP contribution in [0.3, 0.4) is 0 Å². The van der Waals surface area contributed by atoms with Gasteiger partial charge < -0.3 is 10.1 Å². The molecule has 0 atom stereocenters. The van der Waals surface area contributed by atoms with Gasteiger partial charge in [-0.05, 0) is 15.9 Å². The molecule has 1 aromatic rings. The van der Waals surface area contributed by atoms with Crippen LogP contribution >= 0.6 is 15.9 Å². The van der Waals surface area contributed by atoms with Crippen LogP contribution in [0.1, 0.15) is 0 Å². The van der Waals surface area contributed by atoms with Crippen LogP contribution in [0.5, 0.6) is 5.88 Å². The molecule has 0 saturated carbocycles. The molecule has 0 radical (unpaired) electrons. The fourth-order valence-corrected chi connectivity index (χ4v) is 0.912. The first-order valence-corrected chi connectivity index (χ1v) is 3.84. The van der Waals surface area contributed by atoms with Gasteiger partial charge >= 0.3 is 0 Å². The lowest BCUT2D eigenvalue weighted by Crippen LogP contribution is -2.01. The molecule has 0 spiro atoms. The molecular weight excluding hydrogens is 226 g/mol. The van der Waals surface area contributed by atoms with Crippen LogP contribution in [0.25, 0.3) is 0 Å².